The molecule has 1 aliphatic rings. The third-order valence-corrected chi connectivity index (χ3v) is 4.93. The number of nitrogens with zero attached hydrogens (tertiary/aromatic N) is 1. The highest BCUT2D eigenvalue weighted by molar-refractivity contribution is 5.93. The molecule has 1 aliphatic heterocycles. The Kier molecular flexibility index (Phi) is 5.98. The van der Waals surface area contributed by atoms with Crippen LogP contribution < -0.4 is 30.8 Å². The first-order valence-corrected chi connectivity index (χ1v) is 10.1. The number of aryl methyl sites for hydroxylation is 2. The average molecular weight is 437 g/mol. The standard InChI is InChI=1S/C23H23N3O6/c1-14-7-15(2)9-17(8-14)30-6-5-24-21(27)18-11-25-23(29)26(22(18)28)12-16-3-4-19-20(10-16)32-13-31-19/h3-4,7-11H,5-6,12-13H2,1-2H3,(H,24,27)(H,25,29). The molecule has 0 saturated heterocycles. The summed E-state index contributed by atoms with van der Waals surface area (Å²) in [5.74, 6) is 1.28. The summed E-state index contributed by atoms with van der Waals surface area (Å²) in [7, 11) is 0. The SMILES string of the molecule is Cc1cc(C)cc(OCCNC(=O)c2c[nH]c(=O)n(Cc3ccc4c(c3)OCO4)c2=O)c1. The van der Waals surface area contributed by atoms with Gasteiger partial charge in [-0.15, -0.1) is 0 Å². The molecule has 1 aromatic heterocycles. The number of H-pyrrole nitrogens is 1. The van der Waals surface area contributed by atoms with Crippen molar-refractivity contribution in [3.05, 3.63) is 85.7 Å². The van der Waals surface area contributed by atoms with Crippen LogP contribution in [0.3, 0.4) is 0 Å². The lowest BCUT2D eigenvalue weighted by molar-refractivity contribution is 0.0944. The second-order valence-corrected chi connectivity index (χ2v) is 7.51. The Balaban J connectivity index is 1.41. The van der Waals surface area contributed by atoms with Crippen LogP contribution in [0.4, 0.5) is 0 Å². The van der Waals surface area contributed by atoms with Crippen LogP contribution in [0.5, 0.6) is 17.2 Å². The van der Waals surface area contributed by atoms with E-state index in [1.807, 2.05) is 32.0 Å². The maximum absolute atomic E-state index is 12.8. The largest absolute Gasteiger partial charge is 0.492 e. The maximum atomic E-state index is 12.8. The minimum Gasteiger partial charge on any atom is -0.492 e. The molecule has 0 fully saturated rings. The lowest BCUT2D eigenvalue weighted by Crippen LogP contribution is -2.41. The lowest BCUT2D eigenvalue weighted by atomic mass is 10.1. The molecule has 4 rings (SSSR count). The van der Waals surface area contributed by atoms with Gasteiger partial charge in [0.25, 0.3) is 11.5 Å². The van der Waals surface area contributed by atoms with E-state index in [4.69, 9.17) is 14.2 Å². The van der Waals surface area contributed by atoms with E-state index in [1.165, 1.54) is 0 Å². The third-order valence-electron chi connectivity index (χ3n) is 4.93. The highest BCUT2D eigenvalue weighted by atomic mass is 16.7. The summed E-state index contributed by atoms with van der Waals surface area (Å²) in [5.41, 5.74) is 1.39. The summed E-state index contributed by atoms with van der Waals surface area (Å²) >= 11 is 0. The Labute approximate surface area is 183 Å². The van der Waals surface area contributed by atoms with E-state index < -0.39 is 17.2 Å². The van der Waals surface area contributed by atoms with Crippen molar-refractivity contribution in [1.29, 1.82) is 0 Å². The maximum Gasteiger partial charge on any atom is 0.328 e. The minimum atomic E-state index is -0.681. The van der Waals surface area contributed by atoms with Gasteiger partial charge in [0.05, 0.1) is 13.1 Å². The highest BCUT2D eigenvalue weighted by Crippen LogP contribution is 2.32. The van der Waals surface area contributed by atoms with Crippen molar-refractivity contribution < 1.29 is 19.0 Å². The first-order valence-electron chi connectivity index (χ1n) is 10.1. The van der Waals surface area contributed by atoms with Gasteiger partial charge in [0.1, 0.15) is 17.9 Å². The number of aromatic amines is 1. The summed E-state index contributed by atoms with van der Waals surface area (Å²) in [4.78, 5) is 40.0. The zero-order valence-corrected chi connectivity index (χ0v) is 17.8. The molecule has 0 atom stereocenters. The zero-order chi connectivity index (χ0) is 22.7. The van der Waals surface area contributed by atoms with Crippen LogP contribution in [0.2, 0.25) is 0 Å². The topological polar surface area (TPSA) is 112 Å². The Morgan fingerprint density at radius 1 is 1.09 bits per heavy atom. The van der Waals surface area contributed by atoms with Crippen molar-refractivity contribution in [2.45, 2.75) is 20.4 Å². The summed E-state index contributed by atoms with van der Waals surface area (Å²) in [5, 5.41) is 2.65. The molecule has 0 radical (unpaired) electrons. The van der Waals surface area contributed by atoms with E-state index in [-0.39, 0.29) is 32.1 Å². The molecule has 0 bridgehead atoms. The number of carbonyl (C=O) groups is 1. The zero-order valence-electron chi connectivity index (χ0n) is 17.8. The predicted octanol–water partition coefficient (Wildman–Crippen LogP) is 1.74. The number of carbonyl (C=O) groups excluding carboxylic acids is 1. The van der Waals surface area contributed by atoms with Gasteiger partial charge in [0, 0.05) is 6.20 Å². The van der Waals surface area contributed by atoms with E-state index in [2.05, 4.69) is 10.3 Å². The van der Waals surface area contributed by atoms with Gasteiger partial charge < -0.3 is 24.5 Å². The molecule has 9 nitrogen and oxygen atoms in total. The first kappa shape index (κ1) is 21.2. The van der Waals surface area contributed by atoms with Gasteiger partial charge in [-0.2, -0.15) is 0 Å². The van der Waals surface area contributed by atoms with Crippen molar-refractivity contribution in [2.24, 2.45) is 0 Å². The molecule has 2 heterocycles. The molecule has 1 amide bonds. The Hall–Kier alpha value is -4.01. The summed E-state index contributed by atoms with van der Waals surface area (Å²) in [6.07, 6.45) is 1.13. The fourth-order valence-corrected chi connectivity index (χ4v) is 3.48. The van der Waals surface area contributed by atoms with E-state index in [1.54, 1.807) is 18.2 Å². The Bertz CT molecular complexity index is 1260. The molecule has 0 unspecified atom stereocenters. The number of ether oxygens (including phenoxy) is 3. The van der Waals surface area contributed by atoms with Gasteiger partial charge >= 0.3 is 5.69 Å². The van der Waals surface area contributed by atoms with Crippen LogP contribution in [-0.2, 0) is 6.54 Å². The fraction of sp³-hybridized carbons (Fsp3) is 0.261. The molecule has 32 heavy (non-hydrogen) atoms. The molecule has 0 saturated carbocycles. The van der Waals surface area contributed by atoms with Crippen LogP contribution in [0, 0.1) is 13.8 Å². The molecule has 2 N–H and O–H groups in total. The van der Waals surface area contributed by atoms with Gasteiger partial charge in [0.2, 0.25) is 6.79 Å². The van der Waals surface area contributed by atoms with Gasteiger partial charge in [0.15, 0.2) is 11.5 Å². The lowest BCUT2D eigenvalue weighted by Gasteiger charge is -2.10. The monoisotopic (exact) mass is 437 g/mol. The number of hydrogen-bond donors (Lipinski definition) is 2. The molecule has 3 aromatic rings. The van der Waals surface area contributed by atoms with Crippen LogP contribution in [-0.4, -0.2) is 35.4 Å². The molecular formula is C23H23N3O6. The number of hydrogen-bond acceptors (Lipinski definition) is 6. The second kappa shape index (κ2) is 9.01. The van der Waals surface area contributed by atoms with Crippen molar-refractivity contribution in [3.8, 4) is 17.2 Å². The van der Waals surface area contributed by atoms with Crippen LogP contribution >= 0.6 is 0 Å². The average Bonchev–Trinajstić information content (AvgIpc) is 3.21. The number of aromatic nitrogens is 2. The molecule has 166 valence electrons. The van der Waals surface area contributed by atoms with Gasteiger partial charge in [-0.1, -0.05) is 12.1 Å². The Morgan fingerprint density at radius 3 is 2.62 bits per heavy atom. The third kappa shape index (κ3) is 4.66. The molecule has 0 aliphatic carbocycles. The van der Waals surface area contributed by atoms with Gasteiger partial charge in [-0.25, -0.2) is 4.79 Å². The van der Waals surface area contributed by atoms with Crippen molar-refractivity contribution in [1.82, 2.24) is 14.9 Å². The molecule has 0 spiro atoms. The smallest absolute Gasteiger partial charge is 0.328 e. The second-order valence-electron chi connectivity index (χ2n) is 7.51. The van der Waals surface area contributed by atoms with E-state index in [0.717, 1.165) is 21.9 Å². The summed E-state index contributed by atoms with van der Waals surface area (Å²) in [6, 6.07) is 11.0. The van der Waals surface area contributed by atoms with E-state index >= 15 is 0 Å². The first-order chi connectivity index (χ1) is 15.4. The van der Waals surface area contributed by atoms with Crippen molar-refractivity contribution in [2.75, 3.05) is 19.9 Å². The molecular weight excluding hydrogens is 414 g/mol. The van der Waals surface area contributed by atoms with Gasteiger partial charge in [-0.05, 0) is 54.8 Å². The predicted molar refractivity (Wildman–Crippen MR) is 117 cm³/mol. The van der Waals surface area contributed by atoms with Gasteiger partial charge in [-0.3, -0.25) is 14.2 Å². The highest BCUT2D eigenvalue weighted by Gasteiger charge is 2.17. The number of amides is 1. The number of fused-ring (bicyclic) bond motifs is 1. The van der Waals surface area contributed by atoms with Crippen LogP contribution in [0.1, 0.15) is 27.0 Å². The van der Waals surface area contributed by atoms with Crippen molar-refractivity contribution in [3.63, 3.8) is 0 Å². The molecule has 2 aromatic carbocycles. The summed E-state index contributed by atoms with van der Waals surface area (Å²) < 4.78 is 17.2. The van der Waals surface area contributed by atoms with Crippen LogP contribution in [0.15, 0.2) is 52.2 Å². The number of benzene rings is 2. The normalized spacial score (nSPS) is 11.9. The van der Waals surface area contributed by atoms with Crippen molar-refractivity contribution >= 4 is 5.91 Å². The Morgan fingerprint density at radius 2 is 1.84 bits per heavy atom. The van der Waals surface area contributed by atoms with E-state index in [9.17, 15) is 14.4 Å². The van der Waals surface area contributed by atoms with Crippen LogP contribution in [0.25, 0.3) is 0 Å². The fourth-order valence-electron chi connectivity index (χ4n) is 3.48. The minimum absolute atomic E-state index is 0.0122. The van der Waals surface area contributed by atoms with E-state index in [0.29, 0.717) is 22.8 Å². The number of rotatable bonds is 7. The molecule has 9 heteroatoms. The number of nitrogens with one attached hydrogen (secondary N) is 2. The summed E-state index contributed by atoms with van der Waals surface area (Å²) in [6.45, 7) is 4.51. The quantitative estimate of drug-likeness (QED) is 0.545.